The number of hydrogen-bond donors (Lipinski definition) is 3. The second-order valence-corrected chi connectivity index (χ2v) is 3.16. The van der Waals surface area contributed by atoms with E-state index in [-0.39, 0.29) is 33.1 Å². The molecule has 66 valence electrons. The summed E-state index contributed by atoms with van der Waals surface area (Å²) in [5.74, 6) is -1.33. The van der Waals surface area contributed by atoms with Crippen molar-refractivity contribution in [2.24, 2.45) is 5.73 Å². The zero-order valence-corrected chi connectivity index (χ0v) is 8.19. The summed E-state index contributed by atoms with van der Waals surface area (Å²) in [6.07, 6.45) is 0. The van der Waals surface area contributed by atoms with Crippen molar-refractivity contribution in [1.29, 1.82) is 0 Å². The Bertz CT molecular complexity index is 209. The quantitative estimate of drug-likeness (QED) is 0.299. The van der Waals surface area contributed by atoms with Crippen molar-refractivity contribution < 1.29 is 32.3 Å². The van der Waals surface area contributed by atoms with Gasteiger partial charge in [-0.3, -0.25) is 5.43 Å². The number of hydrazine groups is 1. The minimum absolute atomic E-state index is 0. The van der Waals surface area contributed by atoms with Crippen LogP contribution in [0.1, 0.15) is 0 Å². The average molecular weight is 286 g/mol. The summed E-state index contributed by atoms with van der Waals surface area (Å²) in [7, 11) is 0. The van der Waals surface area contributed by atoms with E-state index >= 15 is 0 Å². The summed E-state index contributed by atoms with van der Waals surface area (Å²) < 4.78 is 1.18. The van der Waals surface area contributed by atoms with E-state index in [1.807, 2.05) is 0 Å². The van der Waals surface area contributed by atoms with Gasteiger partial charge in [-0.1, -0.05) is 12.8 Å². The van der Waals surface area contributed by atoms with Gasteiger partial charge in [-0.15, -0.1) is 3.82 Å². The molecule has 0 radical (unpaired) electrons. The first-order valence-corrected chi connectivity index (χ1v) is 3.43. The molecule has 0 fully saturated rings. The van der Waals surface area contributed by atoms with Gasteiger partial charge in [0, 0.05) is 11.9 Å². The van der Waals surface area contributed by atoms with Gasteiger partial charge in [-0.2, -0.15) is 0 Å². The minimum atomic E-state index is -1.33. The van der Waals surface area contributed by atoms with E-state index in [1.54, 1.807) is 0 Å². The molecular weight excluding hydrogens is 282 g/mol. The van der Waals surface area contributed by atoms with Crippen LogP contribution in [0.25, 0.3) is 0 Å². The first-order valence-electron chi connectivity index (χ1n) is 2.26. The Balaban J connectivity index is 0.000001000. The molecule has 0 aliphatic carbocycles. The Hall–Kier alpha value is 0.210. The van der Waals surface area contributed by atoms with Crippen LogP contribution in [0.5, 0.6) is 0 Å². The molecule has 0 spiro atoms. The Morgan fingerprint density at radius 3 is 2.55 bits per heavy atom. The van der Waals surface area contributed by atoms with Crippen molar-refractivity contribution >= 4 is 30.7 Å². The van der Waals surface area contributed by atoms with Crippen LogP contribution in [0, 0.1) is 0 Å². The topological polar surface area (TPSA) is 81.4 Å². The number of carbonyl (C=O) groups excluding carboxylic acids is 1. The number of nitrogens with one attached hydrogen (secondary N) is 1. The summed E-state index contributed by atoms with van der Waals surface area (Å²) in [6, 6.07) is 0. The van der Waals surface area contributed by atoms with E-state index in [9.17, 15) is 9.90 Å². The number of rotatable bonds is 1. The summed E-state index contributed by atoms with van der Waals surface area (Å²) in [5.41, 5.74) is 7.46. The van der Waals surface area contributed by atoms with E-state index in [1.165, 1.54) is 3.82 Å². The van der Waals surface area contributed by atoms with Crippen LogP contribution < -0.4 is 16.3 Å². The maximum absolute atomic E-state index is 10.2. The second kappa shape index (κ2) is 4.29. The van der Waals surface area contributed by atoms with Crippen LogP contribution in [0.2, 0.25) is 0 Å². The summed E-state index contributed by atoms with van der Waals surface area (Å²) in [4.78, 5) is 10.2. The number of nitrogens with zero attached hydrogens (tertiary/aromatic N) is 1. The van der Waals surface area contributed by atoms with E-state index < -0.39 is 5.97 Å². The van der Waals surface area contributed by atoms with Crippen molar-refractivity contribution in [2.75, 3.05) is 0 Å². The van der Waals surface area contributed by atoms with Gasteiger partial charge in [0.15, 0.2) is 0 Å². The fourth-order valence-corrected chi connectivity index (χ4v) is 1.37. The average Bonchev–Trinajstić information content (AvgIpc) is 2.10. The third-order valence-electron chi connectivity index (χ3n) is 0.843. The van der Waals surface area contributed by atoms with Gasteiger partial charge in [0.2, 0.25) is 0 Å². The zero-order valence-electron chi connectivity index (χ0n) is 5.00. The van der Waals surface area contributed by atoms with Crippen LogP contribution in [-0.2, 0) is 27.2 Å². The predicted molar refractivity (Wildman–Crippen MR) is 37.8 cm³/mol. The molecule has 1 rings (SSSR count). The Labute approximate surface area is 88.5 Å². The van der Waals surface area contributed by atoms with Crippen molar-refractivity contribution in [3.63, 3.8) is 0 Å². The number of carbonyl (C=O) groups is 1. The summed E-state index contributed by atoms with van der Waals surface area (Å²) in [6.45, 7) is 0. The van der Waals surface area contributed by atoms with Crippen molar-refractivity contribution in [3.05, 3.63) is 10.7 Å². The van der Waals surface area contributed by atoms with Gasteiger partial charge in [0.05, 0.1) is 5.97 Å². The SMILES string of the molecule is NC1=C(C(=O)[O-])NN(S)S1.[Ag+]. The molecule has 8 heteroatoms. The summed E-state index contributed by atoms with van der Waals surface area (Å²) in [5, 5.41) is 10.3. The van der Waals surface area contributed by atoms with Crippen molar-refractivity contribution in [1.82, 2.24) is 9.25 Å². The maximum Gasteiger partial charge on any atom is 1.00 e. The van der Waals surface area contributed by atoms with Gasteiger partial charge in [0.1, 0.15) is 10.7 Å². The van der Waals surface area contributed by atoms with Crippen LogP contribution in [0.4, 0.5) is 0 Å². The van der Waals surface area contributed by atoms with Crippen LogP contribution in [0.15, 0.2) is 10.7 Å². The molecule has 0 atom stereocenters. The molecule has 0 aromatic carbocycles. The first kappa shape index (κ1) is 11.2. The number of nitrogens with two attached hydrogens (primary N) is 1. The largest absolute Gasteiger partial charge is 1.00 e. The fourth-order valence-electron chi connectivity index (χ4n) is 0.459. The van der Waals surface area contributed by atoms with Crippen LogP contribution in [0.3, 0.4) is 0 Å². The smallest absolute Gasteiger partial charge is 0.543 e. The predicted octanol–water partition coefficient (Wildman–Crippen LogP) is -1.83. The van der Waals surface area contributed by atoms with Crippen molar-refractivity contribution in [3.8, 4) is 0 Å². The second-order valence-electron chi connectivity index (χ2n) is 1.50. The van der Waals surface area contributed by atoms with Gasteiger partial charge in [0.25, 0.3) is 0 Å². The first-order chi connectivity index (χ1) is 4.61. The number of carboxylic acids is 1. The molecule has 0 bridgehead atoms. The third-order valence-corrected chi connectivity index (χ3v) is 1.85. The van der Waals surface area contributed by atoms with Gasteiger partial charge in [-0.05, 0) is 0 Å². The van der Waals surface area contributed by atoms with Gasteiger partial charge >= 0.3 is 22.4 Å². The van der Waals surface area contributed by atoms with Gasteiger partial charge < -0.3 is 15.6 Å². The molecule has 0 amide bonds. The summed E-state index contributed by atoms with van der Waals surface area (Å²) >= 11 is 4.76. The van der Waals surface area contributed by atoms with Crippen molar-refractivity contribution in [2.45, 2.75) is 0 Å². The molecule has 0 saturated carbocycles. The van der Waals surface area contributed by atoms with E-state index in [0.29, 0.717) is 0 Å². The number of carboxylic acid groups (broad SMARTS) is 1. The Morgan fingerprint density at radius 2 is 2.36 bits per heavy atom. The molecule has 0 saturated heterocycles. The van der Waals surface area contributed by atoms with E-state index in [2.05, 4.69) is 18.2 Å². The monoisotopic (exact) mass is 285 g/mol. The van der Waals surface area contributed by atoms with E-state index in [0.717, 1.165) is 11.9 Å². The normalized spacial score (nSPS) is 17.5. The van der Waals surface area contributed by atoms with Gasteiger partial charge in [-0.25, -0.2) is 0 Å². The van der Waals surface area contributed by atoms with Crippen LogP contribution >= 0.6 is 24.8 Å². The molecule has 11 heavy (non-hydrogen) atoms. The van der Waals surface area contributed by atoms with E-state index in [4.69, 9.17) is 5.73 Å². The third kappa shape index (κ3) is 2.62. The Morgan fingerprint density at radius 1 is 1.82 bits per heavy atom. The zero-order chi connectivity index (χ0) is 7.72. The molecule has 3 N–H and O–H groups in total. The fraction of sp³-hybridized carbons (Fsp3) is 0. The molecule has 0 unspecified atom stereocenters. The number of thiol groups is 1. The maximum atomic E-state index is 10.2. The molecule has 0 aromatic rings. The Kier molecular flexibility index (Phi) is 4.37. The standard InChI is InChI=1S/C3H5N3O2S2.Ag/c4-2-1(3(7)8)5-6(9)10-2;/h5,9H,4H2,(H,7,8);/q;+1/p-1. The molecule has 1 aliphatic rings. The molecule has 5 nitrogen and oxygen atoms in total. The number of aliphatic carboxylic acids is 1. The minimum Gasteiger partial charge on any atom is -0.543 e. The molecule has 1 aliphatic heterocycles. The van der Waals surface area contributed by atoms with Crippen LogP contribution in [-0.4, -0.2) is 9.79 Å². The number of hydrogen-bond acceptors (Lipinski definition) is 7. The molecular formula is C3H4AgN3O2S2. The molecule has 1 heterocycles. The molecule has 0 aromatic heterocycles.